The molecular weight excluding hydrogens is 400 g/mol. The number of ether oxygens (including phenoxy) is 1. The average molecular weight is 414 g/mol. The van der Waals surface area contributed by atoms with Crippen LogP contribution < -0.4 is 5.43 Å². The van der Waals surface area contributed by atoms with E-state index in [9.17, 15) is 32.3 Å². The Morgan fingerprint density at radius 2 is 1.97 bits per heavy atom. The number of hydrazone groups is 1. The van der Waals surface area contributed by atoms with Crippen LogP contribution in [0.15, 0.2) is 41.8 Å². The molecule has 1 aromatic carbocycles. The molecule has 0 saturated heterocycles. The minimum Gasteiger partial charge on any atom is -0.461 e. The average Bonchev–Trinajstić information content (AvgIpc) is 3.13. The van der Waals surface area contributed by atoms with Gasteiger partial charge in [0.2, 0.25) is 5.78 Å². The summed E-state index contributed by atoms with van der Waals surface area (Å²) in [6.07, 6.45) is -3.85. The van der Waals surface area contributed by atoms with E-state index in [0.717, 1.165) is 0 Å². The minimum absolute atomic E-state index is 0.0798. The van der Waals surface area contributed by atoms with Crippen LogP contribution in [0.2, 0.25) is 0 Å². The number of benzene rings is 1. The van der Waals surface area contributed by atoms with Gasteiger partial charge in [-0.2, -0.15) is 13.9 Å². The third-order valence-electron chi connectivity index (χ3n) is 4.18. The number of halogens is 4. The molecule has 0 radical (unpaired) electrons. The van der Waals surface area contributed by atoms with E-state index in [2.05, 4.69) is 15.5 Å². The quantitative estimate of drug-likeness (QED) is 0.427. The Morgan fingerprint density at radius 1 is 1.31 bits per heavy atom. The second-order valence-electron chi connectivity index (χ2n) is 5.90. The number of aliphatic hydroxyl groups is 1. The zero-order valence-electron chi connectivity index (χ0n) is 14.8. The summed E-state index contributed by atoms with van der Waals surface area (Å²) in [6.45, 7) is 1.40. The van der Waals surface area contributed by atoms with E-state index in [-0.39, 0.29) is 16.7 Å². The van der Waals surface area contributed by atoms with Crippen LogP contribution in [0.5, 0.6) is 0 Å². The number of alkyl halides is 4. The Morgan fingerprint density at radius 3 is 2.55 bits per heavy atom. The summed E-state index contributed by atoms with van der Waals surface area (Å²) >= 11 is 0. The highest BCUT2D eigenvalue weighted by molar-refractivity contribution is 6.48. The Kier molecular flexibility index (Phi) is 5.13. The van der Waals surface area contributed by atoms with E-state index in [1.807, 2.05) is 0 Å². The van der Waals surface area contributed by atoms with Crippen molar-refractivity contribution in [1.82, 2.24) is 9.55 Å². The van der Waals surface area contributed by atoms with Crippen LogP contribution in [0, 0.1) is 0 Å². The molecule has 1 atom stereocenters. The van der Waals surface area contributed by atoms with Gasteiger partial charge in [0.05, 0.1) is 6.61 Å². The number of fused-ring (bicyclic) bond motifs is 1. The zero-order valence-corrected chi connectivity index (χ0v) is 14.8. The number of nitrogens with one attached hydrogen (secondary N) is 1. The largest absolute Gasteiger partial charge is 0.461 e. The normalized spacial score (nSPS) is 18.7. The standard InChI is InChI=1S/C17H14F4N4O4/c1-2-29-14(27)10-13-24-23-12(11(26)9-6-4-3-5-7-9)17(28,25(13)8-22-10)16(20,21)15(18)19/h3-8,15,24,28H,2H2,1H3. The van der Waals surface area contributed by atoms with Crippen LogP contribution in [-0.2, 0) is 10.5 Å². The Labute approximate surface area is 160 Å². The maximum atomic E-state index is 14.6. The van der Waals surface area contributed by atoms with E-state index in [0.29, 0.717) is 6.33 Å². The van der Waals surface area contributed by atoms with Gasteiger partial charge in [-0.25, -0.2) is 18.6 Å². The smallest absolute Gasteiger partial charge is 0.360 e. The Hall–Kier alpha value is -3.28. The molecule has 29 heavy (non-hydrogen) atoms. The van der Waals surface area contributed by atoms with Crippen molar-refractivity contribution in [3.63, 3.8) is 0 Å². The van der Waals surface area contributed by atoms with Gasteiger partial charge in [-0.1, -0.05) is 30.3 Å². The molecular formula is C17H14F4N4O4. The molecule has 1 aliphatic rings. The summed E-state index contributed by atoms with van der Waals surface area (Å²) in [5.74, 6) is -8.09. The van der Waals surface area contributed by atoms with Gasteiger partial charge in [0.25, 0.3) is 5.72 Å². The van der Waals surface area contributed by atoms with Gasteiger partial charge in [-0.15, -0.1) is 0 Å². The molecule has 1 unspecified atom stereocenters. The van der Waals surface area contributed by atoms with Crippen molar-refractivity contribution in [2.75, 3.05) is 12.0 Å². The number of imidazole rings is 1. The van der Waals surface area contributed by atoms with E-state index in [4.69, 9.17) is 4.74 Å². The molecule has 0 bridgehead atoms. The predicted molar refractivity (Wildman–Crippen MR) is 91.2 cm³/mol. The van der Waals surface area contributed by atoms with Crippen LogP contribution in [0.3, 0.4) is 0 Å². The molecule has 0 aliphatic carbocycles. The maximum Gasteiger partial charge on any atom is 0.360 e. The first-order valence-electron chi connectivity index (χ1n) is 8.23. The number of carbonyl (C=O) groups excluding carboxylic acids is 2. The van der Waals surface area contributed by atoms with Crippen molar-refractivity contribution in [1.29, 1.82) is 0 Å². The molecule has 2 heterocycles. The summed E-state index contributed by atoms with van der Waals surface area (Å²) in [7, 11) is 0. The monoisotopic (exact) mass is 414 g/mol. The van der Waals surface area contributed by atoms with Crippen molar-refractivity contribution >= 4 is 23.3 Å². The van der Waals surface area contributed by atoms with Crippen LogP contribution in [0.1, 0.15) is 27.8 Å². The minimum atomic E-state index is -5.17. The molecule has 0 saturated carbocycles. The molecule has 0 amide bonds. The van der Waals surface area contributed by atoms with Gasteiger partial charge < -0.3 is 9.84 Å². The number of aromatic nitrogens is 2. The van der Waals surface area contributed by atoms with Gasteiger partial charge in [-0.05, 0) is 6.92 Å². The topological polar surface area (TPSA) is 106 Å². The van der Waals surface area contributed by atoms with Crippen molar-refractivity contribution < 1.29 is 37.0 Å². The second kappa shape index (κ2) is 7.28. The highest BCUT2D eigenvalue weighted by Gasteiger charge is 2.67. The molecule has 1 aliphatic heterocycles. The van der Waals surface area contributed by atoms with Crippen molar-refractivity contribution in [2.45, 2.75) is 25.0 Å². The predicted octanol–water partition coefficient (Wildman–Crippen LogP) is 2.27. The molecule has 12 heteroatoms. The lowest BCUT2D eigenvalue weighted by atomic mass is 9.92. The van der Waals surface area contributed by atoms with E-state index < -0.39 is 47.0 Å². The summed E-state index contributed by atoms with van der Waals surface area (Å²) in [5, 5.41) is 14.2. The Bertz CT molecular complexity index is 977. The number of Topliss-reactive ketones (excluding diaryl/α,β-unsaturated/α-hetero) is 1. The van der Waals surface area contributed by atoms with E-state index in [1.54, 1.807) is 0 Å². The number of carbonyl (C=O) groups is 2. The number of anilines is 1. The molecule has 0 spiro atoms. The van der Waals surface area contributed by atoms with Crippen molar-refractivity contribution in [2.24, 2.45) is 5.10 Å². The fourth-order valence-corrected chi connectivity index (χ4v) is 2.76. The first-order valence-corrected chi connectivity index (χ1v) is 8.23. The molecule has 154 valence electrons. The highest BCUT2D eigenvalue weighted by atomic mass is 19.3. The third kappa shape index (κ3) is 3.05. The van der Waals surface area contributed by atoms with Crippen LogP contribution >= 0.6 is 0 Å². The molecule has 2 N–H and O–H groups in total. The molecule has 0 fully saturated rings. The fourth-order valence-electron chi connectivity index (χ4n) is 2.76. The van der Waals surface area contributed by atoms with Gasteiger partial charge in [0.1, 0.15) is 6.33 Å². The van der Waals surface area contributed by atoms with Gasteiger partial charge in [-0.3, -0.25) is 14.8 Å². The van der Waals surface area contributed by atoms with Gasteiger partial charge >= 0.3 is 18.3 Å². The molecule has 2 aromatic rings. The van der Waals surface area contributed by atoms with Gasteiger partial charge in [0, 0.05) is 5.56 Å². The number of rotatable bonds is 6. The summed E-state index contributed by atoms with van der Waals surface area (Å²) in [4.78, 5) is 28.2. The molecule has 8 nitrogen and oxygen atoms in total. The van der Waals surface area contributed by atoms with E-state index in [1.165, 1.54) is 37.3 Å². The summed E-state index contributed by atoms with van der Waals surface area (Å²) in [5.41, 5.74) is -3.83. The van der Waals surface area contributed by atoms with Crippen molar-refractivity contribution in [3.05, 3.63) is 47.9 Å². The number of esters is 1. The number of ketones is 1. The molecule has 3 rings (SSSR count). The summed E-state index contributed by atoms with van der Waals surface area (Å²) < 4.78 is 60.5. The molecule has 1 aromatic heterocycles. The number of hydrogen-bond acceptors (Lipinski definition) is 7. The van der Waals surface area contributed by atoms with E-state index >= 15 is 0 Å². The lowest BCUT2D eigenvalue weighted by Crippen LogP contribution is -2.62. The lowest BCUT2D eigenvalue weighted by molar-refractivity contribution is -0.246. The first-order chi connectivity index (χ1) is 13.7. The number of hydrogen-bond donors (Lipinski definition) is 2. The number of nitrogens with zero attached hydrogens (tertiary/aromatic N) is 3. The highest BCUT2D eigenvalue weighted by Crippen LogP contribution is 2.44. The summed E-state index contributed by atoms with van der Waals surface area (Å²) in [6, 6.07) is 6.83. The SMILES string of the molecule is CCOC(=O)c1ncn2c1NN=C(C(=O)c1ccccc1)C2(O)C(F)(F)C(F)F. The maximum absolute atomic E-state index is 14.6. The second-order valence-corrected chi connectivity index (χ2v) is 5.90. The van der Waals surface area contributed by atoms with Gasteiger partial charge in [0.15, 0.2) is 17.2 Å². The van der Waals surface area contributed by atoms with Crippen molar-refractivity contribution in [3.8, 4) is 0 Å². The van der Waals surface area contributed by atoms with Crippen LogP contribution in [0.4, 0.5) is 23.4 Å². The van der Waals surface area contributed by atoms with Crippen LogP contribution in [0.25, 0.3) is 0 Å². The third-order valence-corrected chi connectivity index (χ3v) is 4.18. The zero-order chi connectivity index (χ0) is 21.4. The first kappa shape index (κ1) is 20.5. The Balaban J connectivity index is 2.19. The fraction of sp³-hybridized carbons (Fsp3) is 0.294. The van der Waals surface area contributed by atoms with Crippen LogP contribution in [-0.4, -0.2) is 51.1 Å². The lowest BCUT2D eigenvalue weighted by Gasteiger charge is -2.39.